The highest BCUT2D eigenvalue weighted by Crippen LogP contribution is 2.18. The number of aromatic hydroxyl groups is 1. The van der Waals surface area contributed by atoms with Crippen molar-refractivity contribution < 1.29 is 14.4 Å². The van der Waals surface area contributed by atoms with E-state index in [1.54, 1.807) is 25.1 Å². The molecule has 0 fully saturated rings. The second-order valence-corrected chi connectivity index (χ2v) is 3.02. The molecule has 0 saturated heterocycles. The minimum absolute atomic E-state index is 0.164. The van der Waals surface area contributed by atoms with Crippen molar-refractivity contribution in [2.45, 2.75) is 13.5 Å². The molecule has 15 heavy (non-hydrogen) atoms. The number of benzene rings is 1. The average Bonchev–Trinajstić information content (AvgIpc) is 2.62. The molecule has 5 nitrogen and oxygen atoms in total. The maximum absolute atomic E-state index is 9.18. The Hall–Kier alpha value is -2.04. The summed E-state index contributed by atoms with van der Waals surface area (Å²) in [5.74, 6) is 1.72. The molecule has 2 aromatic rings. The van der Waals surface area contributed by atoms with Gasteiger partial charge in [0.25, 0.3) is 0 Å². The summed E-state index contributed by atoms with van der Waals surface area (Å²) in [7, 11) is 0. The molecule has 1 heterocycles. The van der Waals surface area contributed by atoms with E-state index in [4.69, 9.17) is 9.26 Å². The van der Waals surface area contributed by atoms with E-state index in [9.17, 15) is 5.11 Å². The predicted octanol–water partition coefficient (Wildman–Crippen LogP) is 1.66. The summed E-state index contributed by atoms with van der Waals surface area (Å²) in [6, 6.07) is 6.54. The zero-order chi connectivity index (χ0) is 10.7. The van der Waals surface area contributed by atoms with Gasteiger partial charge in [0.15, 0.2) is 6.61 Å². The number of aryl methyl sites for hydroxylation is 1. The Balaban J connectivity index is 1.99. The third-order valence-corrected chi connectivity index (χ3v) is 1.76. The summed E-state index contributed by atoms with van der Waals surface area (Å²) in [6.45, 7) is 1.94. The van der Waals surface area contributed by atoms with Crippen molar-refractivity contribution in [1.29, 1.82) is 0 Å². The first kappa shape index (κ1) is 9.51. The van der Waals surface area contributed by atoms with Gasteiger partial charge in [-0.25, -0.2) is 0 Å². The van der Waals surface area contributed by atoms with E-state index in [0.717, 1.165) is 0 Å². The molecule has 2 rings (SSSR count). The number of hydrogen-bond acceptors (Lipinski definition) is 5. The van der Waals surface area contributed by atoms with Gasteiger partial charge in [0, 0.05) is 13.0 Å². The van der Waals surface area contributed by atoms with Crippen molar-refractivity contribution in [3.8, 4) is 11.5 Å². The monoisotopic (exact) mass is 206 g/mol. The Morgan fingerprint density at radius 1 is 1.47 bits per heavy atom. The summed E-state index contributed by atoms with van der Waals surface area (Å²) >= 11 is 0. The van der Waals surface area contributed by atoms with Crippen LogP contribution in [0.3, 0.4) is 0 Å². The number of phenolic OH excluding ortho intramolecular Hbond substituents is 1. The van der Waals surface area contributed by atoms with Gasteiger partial charge in [-0.15, -0.1) is 0 Å². The highest BCUT2D eigenvalue weighted by molar-refractivity contribution is 5.31. The molecule has 1 aromatic carbocycles. The maximum Gasteiger partial charge on any atom is 0.223 e. The first-order chi connectivity index (χ1) is 7.24. The van der Waals surface area contributed by atoms with Crippen LogP contribution >= 0.6 is 0 Å². The molecule has 0 spiro atoms. The molecule has 0 bridgehead atoms. The topological polar surface area (TPSA) is 68.4 Å². The Bertz CT molecular complexity index is 453. The van der Waals surface area contributed by atoms with Gasteiger partial charge in [-0.1, -0.05) is 11.2 Å². The summed E-state index contributed by atoms with van der Waals surface area (Å²) in [4.78, 5) is 3.98. The summed E-state index contributed by atoms with van der Waals surface area (Å²) in [5, 5.41) is 12.9. The smallest absolute Gasteiger partial charge is 0.223 e. The lowest BCUT2D eigenvalue weighted by molar-refractivity contribution is 0.284. The van der Waals surface area contributed by atoms with Crippen LogP contribution < -0.4 is 4.74 Å². The molecule has 1 aromatic heterocycles. The number of phenols is 1. The van der Waals surface area contributed by atoms with E-state index in [1.807, 2.05) is 0 Å². The van der Waals surface area contributed by atoms with Gasteiger partial charge >= 0.3 is 0 Å². The second-order valence-electron chi connectivity index (χ2n) is 3.02. The second kappa shape index (κ2) is 4.00. The zero-order valence-corrected chi connectivity index (χ0v) is 8.17. The minimum atomic E-state index is 0.164. The van der Waals surface area contributed by atoms with Crippen LogP contribution in [0.15, 0.2) is 28.8 Å². The van der Waals surface area contributed by atoms with Crippen LogP contribution in [0.4, 0.5) is 0 Å². The van der Waals surface area contributed by atoms with E-state index < -0.39 is 0 Å². The van der Waals surface area contributed by atoms with E-state index >= 15 is 0 Å². The fourth-order valence-electron chi connectivity index (χ4n) is 1.12. The molecule has 0 amide bonds. The molecule has 0 unspecified atom stereocenters. The third-order valence-electron chi connectivity index (χ3n) is 1.76. The Labute approximate surface area is 86.3 Å². The fraction of sp³-hybridized carbons (Fsp3) is 0.200. The number of aromatic nitrogens is 2. The summed E-state index contributed by atoms with van der Waals surface area (Å²) in [5.41, 5.74) is 0. The van der Waals surface area contributed by atoms with Gasteiger partial charge in [-0.05, 0) is 12.1 Å². The third kappa shape index (κ3) is 2.46. The van der Waals surface area contributed by atoms with Crippen LogP contribution in [0.1, 0.15) is 11.7 Å². The van der Waals surface area contributed by atoms with Crippen LogP contribution in [-0.4, -0.2) is 15.2 Å². The molecule has 78 valence electrons. The molecule has 0 aliphatic rings. The molecule has 0 aliphatic heterocycles. The average molecular weight is 206 g/mol. The Morgan fingerprint density at radius 2 is 2.33 bits per heavy atom. The SMILES string of the molecule is Cc1nc(COc2cccc(O)c2)no1. The molecule has 0 atom stereocenters. The van der Waals surface area contributed by atoms with Gasteiger partial charge < -0.3 is 14.4 Å². The molecule has 0 aliphatic carbocycles. The van der Waals surface area contributed by atoms with Gasteiger partial charge in [-0.2, -0.15) is 4.98 Å². The normalized spacial score (nSPS) is 10.2. The first-order valence-electron chi connectivity index (χ1n) is 4.45. The van der Waals surface area contributed by atoms with Gasteiger partial charge in [0.05, 0.1) is 0 Å². The van der Waals surface area contributed by atoms with Crippen LogP contribution in [0.25, 0.3) is 0 Å². The van der Waals surface area contributed by atoms with Crippen molar-refractivity contribution >= 4 is 0 Å². The largest absolute Gasteiger partial charge is 0.508 e. The summed E-state index contributed by atoms with van der Waals surface area (Å²) < 4.78 is 10.1. The van der Waals surface area contributed by atoms with Crippen molar-refractivity contribution in [1.82, 2.24) is 10.1 Å². The molecular formula is C10H10N2O3. The van der Waals surface area contributed by atoms with Crippen molar-refractivity contribution in [3.05, 3.63) is 36.0 Å². The standard InChI is InChI=1S/C10H10N2O3/c1-7-11-10(12-15-7)6-14-9-4-2-3-8(13)5-9/h2-5,13H,6H2,1H3. The molecule has 1 N–H and O–H groups in total. The van der Waals surface area contributed by atoms with Crippen molar-refractivity contribution in [2.75, 3.05) is 0 Å². The van der Waals surface area contributed by atoms with E-state index in [0.29, 0.717) is 17.5 Å². The molecule has 0 saturated carbocycles. The number of hydrogen-bond donors (Lipinski definition) is 1. The Kier molecular flexibility index (Phi) is 2.53. The van der Waals surface area contributed by atoms with Crippen LogP contribution in [0, 0.1) is 6.92 Å². The lowest BCUT2D eigenvalue weighted by Gasteiger charge is -2.02. The van der Waals surface area contributed by atoms with E-state index in [1.165, 1.54) is 6.07 Å². The Morgan fingerprint density at radius 3 is 3.00 bits per heavy atom. The summed E-state index contributed by atoms with van der Waals surface area (Å²) in [6.07, 6.45) is 0. The number of ether oxygens (including phenoxy) is 1. The fourth-order valence-corrected chi connectivity index (χ4v) is 1.12. The quantitative estimate of drug-likeness (QED) is 0.827. The minimum Gasteiger partial charge on any atom is -0.508 e. The number of rotatable bonds is 3. The molecule has 0 radical (unpaired) electrons. The van der Waals surface area contributed by atoms with Crippen LogP contribution in [-0.2, 0) is 6.61 Å². The molecular weight excluding hydrogens is 196 g/mol. The highest BCUT2D eigenvalue weighted by Gasteiger charge is 2.03. The van der Waals surface area contributed by atoms with Gasteiger partial charge in [-0.3, -0.25) is 0 Å². The molecule has 5 heteroatoms. The van der Waals surface area contributed by atoms with Crippen LogP contribution in [0.5, 0.6) is 11.5 Å². The highest BCUT2D eigenvalue weighted by atomic mass is 16.5. The maximum atomic E-state index is 9.18. The van der Waals surface area contributed by atoms with Crippen molar-refractivity contribution in [2.24, 2.45) is 0 Å². The van der Waals surface area contributed by atoms with Crippen LogP contribution in [0.2, 0.25) is 0 Å². The first-order valence-corrected chi connectivity index (χ1v) is 4.45. The van der Waals surface area contributed by atoms with E-state index in [2.05, 4.69) is 10.1 Å². The lowest BCUT2D eigenvalue weighted by atomic mass is 10.3. The lowest BCUT2D eigenvalue weighted by Crippen LogP contribution is -1.97. The van der Waals surface area contributed by atoms with Gasteiger partial charge in [0.1, 0.15) is 11.5 Å². The predicted molar refractivity (Wildman–Crippen MR) is 51.5 cm³/mol. The van der Waals surface area contributed by atoms with Crippen molar-refractivity contribution in [3.63, 3.8) is 0 Å². The van der Waals surface area contributed by atoms with Gasteiger partial charge in [0.2, 0.25) is 11.7 Å². The zero-order valence-electron chi connectivity index (χ0n) is 8.17. The number of nitrogens with zero attached hydrogens (tertiary/aromatic N) is 2. The van der Waals surface area contributed by atoms with E-state index in [-0.39, 0.29) is 12.4 Å².